The normalized spacial score (nSPS) is 15.1. The van der Waals surface area contributed by atoms with Crippen molar-refractivity contribution < 1.29 is 18.0 Å². The molecule has 1 aliphatic rings. The van der Waals surface area contributed by atoms with Crippen LogP contribution in [0.5, 0.6) is 0 Å². The van der Waals surface area contributed by atoms with Gasteiger partial charge in [0.1, 0.15) is 24.2 Å². The molecule has 1 aromatic carbocycles. The van der Waals surface area contributed by atoms with Crippen molar-refractivity contribution in [3.8, 4) is 5.69 Å². The number of halogens is 4. The van der Waals surface area contributed by atoms with E-state index < -0.39 is 12.0 Å². The number of hydrogen-bond acceptors (Lipinski definition) is 7. The number of piperidine rings is 1. The van der Waals surface area contributed by atoms with Gasteiger partial charge in [0.2, 0.25) is 5.91 Å². The molecule has 3 aromatic heterocycles. The summed E-state index contributed by atoms with van der Waals surface area (Å²) in [6.07, 6.45) is -0.813. The van der Waals surface area contributed by atoms with E-state index in [-0.39, 0.29) is 17.5 Å². The lowest BCUT2D eigenvalue weighted by atomic mass is 9.95. The van der Waals surface area contributed by atoms with E-state index in [1.165, 1.54) is 23.4 Å². The molecular weight excluding hydrogens is 475 g/mol. The van der Waals surface area contributed by atoms with Gasteiger partial charge >= 0.3 is 6.18 Å². The van der Waals surface area contributed by atoms with E-state index in [1.54, 1.807) is 24.3 Å². The number of benzene rings is 1. The molecule has 1 saturated heterocycles. The first-order valence-corrected chi connectivity index (χ1v) is 10.7. The Balaban J connectivity index is 1.28. The molecule has 0 saturated carbocycles. The van der Waals surface area contributed by atoms with Crippen LogP contribution in [0.1, 0.15) is 18.7 Å². The van der Waals surface area contributed by atoms with E-state index >= 15 is 0 Å². The third-order valence-corrected chi connectivity index (χ3v) is 5.89. The highest BCUT2D eigenvalue weighted by atomic mass is 35.5. The lowest BCUT2D eigenvalue weighted by Crippen LogP contribution is -2.39. The molecule has 0 spiro atoms. The average molecular weight is 492 g/mol. The fourth-order valence-corrected chi connectivity index (χ4v) is 4.16. The topological polar surface area (TPSA) is 106 Å². The number of fused-ring (bicyclic) bond motifs is 1. The number of aromatic nitrogens is 7. The van der Waals surface area contributed by atoms with Crippen molar-refractivity contribution in [1.29, 1.82) is 0 Å². The van der Waals surface area contributed by atoms with Crippen LogP contribution in [-0.2, 0) is 11.0 Å². The third kappa shape index (κ3) is 4.14. The van der Waals surface area contributed by atoms with E-state index in [4.69, 9.17) is 11.6 Å². The molecule has 14 heteroatoms. The highest BCUT2D eigenvalue weighted by Gasteiger charge is 2.38. The van der Waals surface area contributed by atoms with Crippen LogP contribution in [0.4, 0.5) is 24.7 Å². The quantitative estimate of drug-likeness (QED) is 0.467. The summed E-state index contributed by atoms with van der Waals surface area (Å²) >= 11 is 6.31. The van der Waals surface area contributed by atoms with Gasteiger partial charge in [0.25, 0.3) is 5.82 Å². The first-order valence-electron chi connectivity index (χ1n) is 10.3. The maximum Gasteiger partial charge on any atom is 0.453 e. The Kier molecular flexibility index (Phi) is 5.55. The molecule has 0 radical (unpaired) electrons. The molecule has 5 rings (SSSR count). The molecule has 0 atom stereocenters. The number of carbonyl (C=O) groups is 1. The van der Waals surface area contributed by atoms with Crippen LogP contribution in [0.15, 0.2) is 43.0 Å². The Labute approximate surface area is 195 Å². The number of hydrogen-bond donors (Lipinski definition) is 1. The highest BCUT2D eigenvalue weighted by molar-refractivity contribution is 6.33. The van der Waals surface area contributed by atoms with E-state index in [2.05, 4.69) is 30.7 Å². The zero-order valence-corrected chi connectivity index (χ0v) is 18.2. The van der Waals surface area contributed by atoms with Crippen LogP contribution in [0.25, 0.3) is 11.3 Å². The highest BCUT2D eigenvalue weighted by Crippen LogP contribution is 2.31. The number of amides is 1. The van der Waals surface area contributed by atoms with Gasteiger partial charge in [-0.15, -0.1) is 15.3 Å². The van der Waals surface area contributed by atoms with Crippen LogP contribution < -0.4 is 10.2 Å². The second kappa shape index (κ2) is 8.56. The van der Waals surface area contributed by atoms with Crippen LogP contribution >= 0.6 is 11.6 Å². The largest absolute Gasteiger partial charge is 0.453 e. The van der Waals surface area contributed by atoms with Crippen LogP contribution in [-0.4, -0.2) is 53.6 Å². The molecule has 1 N–H and O–H groups in total. The second-order valence-corrected chi connectivity index (χ2v) is 8.12. The summed E-state index contributed by atoms with van der Waals surface area (Å²) in [5, 5.41) is 18.2. The molecule has 1 fully saturated rings. The Hall–Kier alpha value is -3.74. The molecule has 0 aliphatic carbocycles. The molecular formula is C20H17ClF3N9O. The van der Waals surface area contributed by atoms with E-state index in [0.29, 0.717) is 52.7 Å². The fourth-order valence-electron chi connectivity index (χ4n) is 3.90. The van der Waals surface area contributed by atoms with Gasteiger partial charge in [-0.25, -0.2) is 9.67 Å². The van der Waals surface area contributed by atoms with E-state index in [1.807, 2.05) is 4.90 Å². The van der Waals surface area contributed by atoms with Gasteiger partial charge in [0, 0.05) is 19.0 Å². The Morgan fingerprint density at radius 1 is 1.12 bits per heavy atom. The van der Waals surface area contributed by atoms with Gasteiger partial charge in [-0.3, -0.25) is 4.79 Å². The van der Waals surface area contributed by atoms with Crippen molar-refractivity contribution in [2.75, 3.05) is 23.3 Å². The predicted octanol–water partition coefficient (Wildman–Crippen LogP) is 3.23. The standard InChI is InChI=1S/C20H17ClF3N9O/c21-13-2-1-3-14(17(13)32-11-25-10-26-32)27-18(34)12-6-8-31(9-7-12)16-5-4-15-28-29-19(20(22,23)24)33(15)30-16/h1-5,10-12H,6-9H2,(H,27,34). The minimum Gasteiger partial charge on any atom is -0.355 e. The van der Waals surface area contributed by atoms with E-state index in [0.717, 1.165) is 0 Å². The SMILES string of the molecule is O=C(Nc1cccc(Cl)c1-n1cncn1)C1CCN(c2ccc3nnc(C(F)(F)F)n3n2)CC1. The van der Waals surface area contributed by atoms with Crippen molar-refractivity contribution in [3.63, 3.8) is 0 Å². The van der Waals surface area contributed by atoms with Crippen molar-refractivity contribution in [3.05, 3.63) is 53.8 Å². The Bertz CT molecular complexity index is 1330. The van der Waals surface area contributed by atoms with Gasteiger partial charge in [-0.2, -0.15) is 22.8 Å². The summed E-state index contributed by atoms with van der Waals surface area (Å²) in [7, 11) is 0. The molecule has 0 bridgehead atoms. The number of nitrogens with one attached hydrogen (secondary N) is 1. The summed E-state index contributed by atoms with van der Waals surface area (Å²) in [4.78, 5) is 18.7. The van der Waals surface area contributed by atoms with Crippen molar-refractivity contribution in [1.82, 2.24) is 34.6 Å². The number of anilines is 2. The zero-order chi connectivity index (χ0) is 23.9. The summed E-state index contributed by atoms with van der Waals surface area (Å²) in [5.74, 6) is -1.28. The molecule has 1 aliphatic heterocycles. The van der Waals surface area contributed by atoms with Crippen molar-refractivity contribution in [2.45, 2.75) is 19.0 Å². The minimum absolute atomic E-state index is 0.00930. The third-order valence-electron chi connectivity index (χ3n) is 5.58. The number of para-hydroxylation sites is 1. The summed E-state index contributed by atoms with van der Waals surface area (Å²) in [6, 6.07) is 8.18. The number of nitrogens with zero attached hydrogens (tertiary/aromatic N) is 8. The number of alkyl halides is 3. The van der Waals surface area contributed by atoms with Crippen LogP contribution in [0.2, 0.25) is 5.02 Å². The molecule has 4 aromatic rings. The summed E-state index contributed by atoms with van der Waals surface area (Å²) in [5.41, 5.74) is 1.03. The smallest absolute Gasteiger partial charge is 0.355 e. The Morgan fingerprint density at radius 2 is 1.91 bits per heavy atom. The fraction of sp³-hybridized carbons (Fsp3) is 0.300. The molecule has 10 nitrogen and oxygen atoms in total. The van der Waals surface area contributed by atoms with Gasteiger partial charge < -0.3 is 10.2 Å². The lowest BCUT2D eigenvalue weighted by molar-refractivity contribution is -0.146. The van der Waals surface area contributed by atoms with Crippen molar-refractivity contribution >= 4 is 34.7 Å². The minimum atomic E-state index is -4.67. The first-order chi connectivity index (χ1) is 16.3. The van der Waals surface area contributed by atoms with Gasteiger partial charge in [0.15, 0.2) is 5.65 Å². The monoisotopic (exact) mass is 491 g/mol. The number of rotatable bonds is 4. The lowest BCUT2D eigenvalue weighted by Gasteiger charge is -2.32. The molecule has 176 valence electrons. The van der Waals surface area contributed by atoms with Crippen LogP contribution in [0, 0.1) is 5.92 Å². The average Bonchev–Trinajstić information content (AvgIpc) is 3.49. The van der Waals surface area contributed by atoms with Gasteiger partial charge in [-0.1, -0.05) is 17.7 Å². The first kappa shape index (κ1) is 22.1. The maximum absolute atomic E-state index is 13.1. The molecule has 1 amide bonds. The molecule has 4 heterocycles. The Morgan fingerprint density at radius 3 is 2.62 bits per heavy atom. The van der Waals surface area contributed by atoms with E-state index in [9.17, 15) is 18.0 Å². The summed E-state index contributed by atoms with van der Waals surface area (Å²) < 4.78 is 41.6. The second-order valence-electron chi connectivity index (χ2n) is 7.71. The molecule has 0 unspecified atom stereocenters. The zero-order valence-electron chi connectivity index (χ0n) is 17.4. The van der Waals surface area contributed by atoms with Crippen LogP contribution in [0.3, 0.4) is 0 Å². The maximum atomic E-state index is 13.1. The van der Waals surface area contributed by atoms with Gasteiger partial charge in [0.05, 0.1) is 10.7 Å². The predicted molar refractivity (Wildman–Crippen MR) is 116 cm³/mol. The van der Waals surface area contributed by atoms with Gasteiger partial charge in [-0.05, 0) is 37.1 Å². The number of carbonyl (C=O) groups excluding carboxylic acids is 1. The van der Waals surface area contributed by atoms with Crippen molar-refractivity contribution in [2.24, 2.45) is 5.92 Å². The molecule has 34 heavy (non-hydrogen) atoms. The summed E-state index contributed by atoms with van der Waals surface area (Å²) in [6.45, 7) is 0.900.